The predicted molar refractivity (Wildman–Crippen MR) is 130 cm³/mol. The summed E-state index contributed by atoms with van der Waals surface area (Å²) in [5.41, 5.74) is 2.67. The number of carbonyl (C=O) groups excluding carboxylic acids is 2. The van der Waals surface area contributed by atoms with Gasteiger partial charge < -0.3 is 9.30 Å². The molecule has 0 unspecified atom stereocenters. The number of aryl methyl sites for hydroxylation is 2. The van der Waals surface area contributed by atoms with Crippen LogP contribution >= 0.6 is 0 Å². The fourth-order valence-electron chi connectivity index (χ4n) is 4.13. The Morgan fingerprint density at radius 3 is 2.40 bits per heavy atom. The van der Waals surface area contributed by atoms with Gasteiger partial charge in [-0.3, -0.25) is 9.59 Å². The van der Waals surface area contributed by atoms with Gasteiger partial charge in [-0.2, -0.15) is 5.10 Å². The molecule has 2 aromatic carbocycles. The van der Waals surface area contributed by atoms with Crippen molar-refractivity contribution in [2.75, 3.05) is 6.61 Å². The molecule has 0 saturated carbocycles. The summed E-state index contributed by atoms with van der Waals surface area (Å²) >= 11 is 0. The highest BCUT2D eigenvalue weighted by atomic mass is 19.1. The second-order valence-electron chi connectivity index (χ2n) is 8.42. The van der Waals surface area contributed by atoms with Crippen LogP contribution in [0, 0.1) is 19.7 Å². The minimum Gasteiger partial charge on any atom is -0.452 e. The van der Waals surface area contributed by atoms with Crippen LogP contribution in [0.15, 0.2) is 59.4 Å². The van der Waals surface area contributed by atoms with Crippen LogP contribution in [0.3, 0.4) is 0 Å². The Morgan fingerprint density at radius 2 is 1.71 bits per heavy atom. The van der Waals surface area contributed by atoms with Crippen molar-refractivity contribution in [3.8, 4) is 0 Å². The summed E-state index contributed by atoms with van der Waals surface area (Å²) in [5, 5.41) is 4.98. The summed E-state index contributed by atoms with van der Waals surface area (Å²) in [4.78, 5) is 38.5. The molecule has 7 nitrogen and oxygen atoms in total. The maximum atomic E-state index is 13.2. The zero-order valence-corrected chi connectivity index (χ0v) is 19.9. The number of Topliss-reactive ketones (excluding diaryl/α,β-unsaturated/α-hetero) is 1. The van der Waals surface area contributed by atoms with Crippen molar-refractivity contribution in [3.63, 3.8) is 0 Å². The molecule has 0 aliphatic heterocycles. The Hall–Kier alpha value is -4.07. The average molecular weight is 476 g/mol. The molecule has 0 fully saturated rings. The molecule has 0 saturated heterocycles. The smallest absolute Gasteiger partial charge is 0.359 e. The van der Waals surface area contributed by atoms with E-state index in [0.717, 1.165) is 17.0 Å². The molecule has 4 aromatic rings. The van der Waals surface area contributed by atoms with Gasteiger partial charge in [-0.15, -0.1) is 0 Å². The number of ether oxygens (including phenoxy) is 1. The van der Waals surface area contributed by atoms with Gasteiger partial charge in [0.15, 0.2) is 12.3 Å². The van der Waals surface area contributed by atoms with E-state index in [9.17, 15) is 18.8 Å². The monoisotopic (exact) mass is 475 g/mol. The number of halogens is 1. The van der Waals surface area contributed by atoms with Crippen LogP contribution in [-0.4, -0.2) is 32.7 Å². The second-order valence-corrected chi connectivity index (χ2v) is 8.42. The van der Waals surface area contributed by atoms with Gasteiger partial charge in [0.1, 0.15) is 5.82 Å². The maximum absolute atomic E-state index is 13.2. The first-order valence-electron chi connectivity index (χ1n) is 11.4. The van der Waals surface area contributed by atoms with E-state index in [0.29, 0.717) is 35.8 Å². The first-order chi connectivity index (χ1) is 16.8. The maximum Gasteiger partial charge on any atom is 0.359 e. The standard InChI is InChI=1S/C27H26FN3O4/c1-4-13-31-26(33)22-8-6-5-7-21(22)25(29-31)27(34)35-16-24(32)23-14-17(2)30(18(23)3)15-19-9-11-20(28)12-10-19/h5-12,14H,4,13,15-16H2,1-3H3. The van der Waals surface area contributed by atoms with Gasteiger partial charge >= 0.3 is 5.97 Å². The minimum absolute atomic E-state index is 0.00299. The van der Waals surface area contributed by atoms with Crippen LogP contribution in [0.1, 0.15) is 51.1 Å². The van der Waals surface area contributed by atoms with E-state index < -0.39 is 12.6 Å². The summed E-state index contributed by atoms with van der Waals surface area (Å²) in [7, 11) is 0. The number of fused-ring (bicyclic) bond motifs is 1. The molecule has 2 aromatic heterocycles. The van der Waals surface area contributed by atoms with E-state index in [1.54, 1.807) is 42.5 Å². The van der Waals surface area contributed by atoms with Crippen molar-refractivity contribution < 1.29 is 18.7 Å². The number of esters is 1. The summed E-state index contributed by atoms with van der Waals surface area (Å²) in [6, 6.07) is 14.7. The summed E-state index contributed by atoms with van der Waals surface area (Å²) < 4.78 is 21.8. The Bertz CT molecular complexity index is 1470. The molecule has 0 radical (unpaired) electrons. The van der Waals surface area contributed by atoms with Crippen molar-refractivity contribution in [2.24, 2.45) is 0 Å². The molecule has 0 spiro atoms. The summed E-state index contributed by atoms with van der Waals surface area (Å²) in [6.45, 7) is 6.01. The molecule has 0 amide bonds. The lowest BCUT2D eigenvalue weighted by Gasteiger charge is -2.11. The number of benzene rings is 2. The van der Waals surface area contributed by atoms with Crippen LogP contribution in [0.4, 0.5) is 4.39 Å². The normalized spacial score (nSPS) is 11.1. The Morgan fingerprint density at radius 1 is 1.03 bits per heavy atom. The van der Waals surface area contributed by atoms with E-state index in [4.69, 9.17) is 4.74 Å². The lowest BCUT2D eigenvalue weighted by atomic mass is 10.1. The third-order valence-corrected chi connectivity index (χ3v) is 5.96. The zero-order valence-electron chi connectivity index (χ0n) is 19.9. The highest BCUT2D eigenvalue weighted by Crippen LogP contribution is 2.19. The van der Waals surface area contributed by atoms with Crippen molar-refractivity contribution in [1.29, 1.82) is 0 Å². The van der Waals surface area contributed by atoms with Crippen LogP contribution in [-0.2, 0) is 17.8 Å². The van der Waals surface area contributed by atoms with Gasteiger partial charge in [0.05, 0.1) is 5.39 Å². The number of hydrogen-bond donors (Lipinski definition) is 0. The van der Waals surface area contributed by atoms with Gasteiger partial charge in [0.2, 0.25) is 5.78 Å². The quantitative estimate of drug-likeness (QED) is 0.278. The van der Waals surface area contributed by atoms with Crippen molar-refractivity contribution in [3.05, 3.63) is 99.0 Å². The minimum atomic E-state index is -0.764. The van der Waals surface area contributed by atoms with Gasteiger partial charge in [-0.1, -0.05) is 37.3 Å². The van der Waals surface area contributed by atoms with E-state index in [-0.39, 0.29) is 22.9 Å². The molecule has 8 heteroatoms. The first kappa shape index (κ1) is 24.1. The number of hydrogen-bond acceptors (Lipinski definition) is 5. The number of ketones is 1. The van der Waals surface area contributed by atoms with E-state index in [1.807, 2.05) is 25.3 Å². The second kappa shape index (κ2) is 10.0. The number of carbonyl (C=O) groups is 2. The van der Waals surface area contributed by atoms with Crippen molar-refractivity contribution in [1.82, 2.24) is 14.3 Å². The molecule has 0 aliphatic rings. The van der Waals surface area contributed by atoms with Crippen LogP contribution in [0.5, 0.6) is 0 Å². The number of aromatic nitrogens is 3. The largest absolute Gasteiger partial charge is 0.452 e. The van der Waals surface area contributed by atoms with E-state index in [1.165, 1.54) is 16.8 Å². The summed E-state index contributed by atoms with van der Waals surface area (Å²) in [6.07, 6.45) is 0.672. The molecule has 180 valence electrons. The Labute approximate surface area is 201 Å². The van der Waals surface area contributed by atoms with Gasteiger partial charge in [-0.05, 0) is 50.1 Å². The lowest BCUT2D eigenvalue weighted by Crippen LogP contribution is -2.27. The molecule has 0 N–H and O–H groups in total. The lowest BCUT2D eigenvalue weighted by molar-refractivity contribution is 0.0468. The molecule has 2 heterocycles. The molecular weight excluding hydrogens is 449 g/mol. The van der Waals surface area contributed by atoms with Crippen LogP contribution < -0.4 is 5.56 Å². The van der Waals surface area contributed by atoms with Gasteiger partial charge in [0.25, 0.3) is 5.56 Å². The Kier molecular flexibility index (Phi) is 6.91. The highest BCUT2D eigenvalue weighted by molar-refractivity contribution is 6.04. The predicted octanol–water partition coefficient (Wildman–Crippen LogP) is 4.45. The third-order valence-electron chi connectivity index (χ3n) is 5.96. The molecule has 0 aliphatic carbocycles. The average Bonchev–Trinajstić information content (AvgIpc) is 3.14. The molecule has 4 rings (SSSR count). The summed E-state index contributed by atoms with van der Waals surface area (Å²) in [5.74, 6) is -1.41. The zero-order chi connectivity index (χ0) is 25.1. The fourth-order valence-corrected chi connectivity index (χ4v) is 4.13. The highest BCUT2D eigenvalue weighted by Gasteiger charge is 2.21. The topological polar surface area (TPSA) is 83.2 Å². The molecule has 0 bridgehead atoms. The molecular formula is C27H26FN3O4. The van der Waals surface area contributed by atoms with Gasteiger partial charge in [-0.25, -0.2) is 13.9 Å². The third kappa shape index (κ3) is 4.91. The van der Waals surface area contributed by atoms with Crippen LogP contribution in [0.25, 0.3) is 10.8 Å². The molecule has 35 heavy (non-hydrogen) atoms. The number of nitrogens with zero attached hydrogens (tertiary/aromatic N) is 3. The van der Waals surface area contributed by atoms with E-state index in [2.05, 4.69) is 5.10 Å². The molecule has 0 atom stereocenters. The van der Waals surface area contributed by atoms with Crippen molar-refractivity contribution >= 4 is 22.5 Å². The van der Waals surface area contributed by atoms with Gasteiger partial charge in [0, 0.05) is 35.4 Å². The van der Waals surface area contributed by atoms with E-state index >= 15 is 0 Å². The van der Waals surface area contributed by atoms with Crippen molar-refractivity contribution in [2.45, 2.75) is 40.3 Å². The SMILES string of the molecule is CCCn1nc(C(=O)OCC(=O)c2cc(C)n(Cc3ccc(F)cc3)c2C)c2ccccc2c1=O. The van der Waals surface area contributed by atoms with Crippen LogP contribution in [0.2, 0.25) is 0 Å². The Balaban J connectivity index is 1.54. The first-order valence-corrected chi connectivity index (χ1v) is 11.4. The number of rotatable bonds is 8. The fraction of sp³-hybridized carbons (Fsp3) is 0.259.